The smallest absolute Gasteiger partial charge is 0.143 e. The molecule has 21 heavy (non-hydrogen) atoms. The van der Waals surface area contributed by atoms with Crippen molar-refractivity contribution in [3.8, 4) is 11.5 Å². The molecule has 108 valence electrons. The number of hydrogen-bond donors (Lipinski definition) is 2. The molecule has 0 aliphatic heterocycles. The van der Waals surface area contributed by atoms with E-state index in [1.807, 2.05) is 31.2 Å². The van der Waals surface area contributed by atoms with E-state index in [1.54, 1.807) is 14.2 Å². The van der Waals surface area contributed by atoms with Gasteiger partial charge in [0, 0.05) is 11.8 Å². The van der Waals surface area contributed by atoms with Gasteiger partial charge in [-0.05, 0) is 25.1 Å². The number of hydrogen-bond acceptors (Lipinski definition) is 5. The van der Waals surface area contributed by atoms with E-state index in [-0.39, 0.29) is 0 Å². The predicted molar refractivity (Wildman–Crippen MR) is 81.5 cm³/mol. The highest BCUT2D eigenvalue weighted by atomic mass is 16.5. The number of H-pyrrole nitrogens is 1. The fraction of sp³-hybridized carbons (Fsp3) is 0.200. The van der Waals surface area contributed by atoms with Crippen LogP contribution < -0.4 is 14.8 Å². The SMILES string of the molecule is COc1ccc(OC)c(Nc2ncnc3[nH]c(C)cc23)c1. The largest absolute Gasteiger partial charge is 0.497 e. The van der Waals surface area contributed by atoms with Crippen molar-refractivity contribution in [2.75, 3.05) is 19.5 Å². The summed E-state index contributed by atoms with van der Waals surface area (Å²) in [6.45, 7) is 1.98. The zero-order valence-electron chi connectivity index (χ0n) is 12.1. The van der Waals surface area contributed by atoms with Crippen molar-refractivity contribution >= 4 is 22.5 Å². The van der Waals surface area contributed by atoms with Crippen LogP contribution in [-0.2, 0) is 0 Å². The average molecular weight is 284 g/mol. The highest BCUT2D eigenvalue weighted by Crippen LogP contribution is 2.32. The van der Waals surface area contributed by atoms with Crippen LogP contribution >= 0.6 is 0 Å². The van der Waals surface area contributed by atoms with Gasteiger partial charge in [-0.3, -0.25) is 0 Å². The quantitative estimate of drug-likeness (QED) is 0.770. The lowest BCUT2D eigenvalue weighted by molar-refractivity contribution is 0.405. The van der Waals surface area contributed by atoms with Gasteiger partial charge in [-0.1, -0.05) is 0 Å². The molecule has 0 aliphatic rings. The van der Waals surface area contributed by atoms with Crippen LogP contribution in [0, 0.1) is 6.92 Å². The lowest BCUT2D eigenvalue weighted by Gasteiger charge is -2.12. The molecule has 0 saturated heterocycles. The van der Waals surface area contributed by atoms with E-state index in [9.17, 15) is 0 Å². The van der Waals surface area contributed by atoms with Crippen LogP contribution in [0.25, 0.3) is 11.0 Å². The second-order valence-corrected chi connectivity index (χ2v) is 4.63. The summed E-state index contributed by atoms with van der Waals surface area (Å²) in [5.41, 5.74) is 2.62. The number of fused-ring (bicyclic) bond motifs is 1. The monoisotopic (exact) mass is 284 g/mol. The van der Waals surface area contributed by atoms with E-state index in [0.717, 1.165) is 39.7 Å². The van der Waals surface area contributed by atoms with Crippen molar-refractivity contribution in [3.05, 3.63) is 36.3 Å². The van der Waals surface area contributed by atoms with Gasteiger partial charge < -0.3 is 19.8 Å². The molecule has 3 aromatic rings. The fourth-order valence-corrected chi connectivity index (χ4v) is 2.21. The molecule has 6 heteroatoms. The Bertz CT molecular complexity index is 782. The van der Waals surface area contributed by atoms with Gasteiger partial charge >= 0.3 is 0 Å². The lowest BCUT2D eigenvalue weighted by Crippen LogP contribution is -1.98. The van der Waals surface area contributed by atoms with Gasteiger partial charge in [0.15, 0.2) is 0 Å². The van der Waals surface area contributed by atoms with Gasteiger partial charge in [0.1, 0.15) is 29.3 Å². The Labute approximate surface area is 122 Å². The number of rotatable bonds is 4. The molecular formula is C15H16N4O2. The molecule has 0 aliphatic carbocycles. The van der Waals surface area contributed by atoms with Gasteiger partial charge in [0.25, 0.3) is 0 Å². The highest BCUT2D eigenvalue weighted by Gasteiger charge is 2.10. The Kier molecular flexibility index (Phi) is 3.35. The Morgan fingerprint density at radius 3 is 2.71 bits per heavy atom. The summed E-state index contributed by atoms with van der Waals surface area (Å²) in [7, 11) is 3.26. The topological polar surface area (TPSA) is 72.1 Å². The maximum atomic E-state index is 5.37. The average Bonchev–Trinajstić information content (AvgIpc) is 2.88. The van der Waals surface area contributed by atoms with E-state index in [4.69, 9.17) is 9.47 Å². The third kappa shape index (κ3) is 2.47. The zero-order chi connectivity index (χ0) is 14.8. The standard InChI is InChI=1S/C15H16N4O2/c1-9-6-11-14(18-9)16-8-17-15(11)19-12-7-10(20-2)4-5-13(12)21-3/h4-8H,1-3H3,(H2,16,17,18,19). The van der Waals surface area contributed by atoms with Crippen LogP contribution in [0.1, 0.15) is 5.69 Å². The maximum absolute atomic E-state index is 5.37. The van der Waals surface area contributed by atoms with Crippen LogP contribution in [0.2, 0.25) is 0 Å². The number of benzene rings is 1. The van der Waals surface area contributed by atoms with Gasteiger partial charge in [-0.15, -0.1) is 0 Å². The summed E-state index contributed by atoms with van der Waals surface area (Å²) < 4.78 is 10.6. The second-order valence-electron chi connectivity index (χ2n) is 4.63. The Hall–Kier alpha value is -2.76. The van der Waals surface area contributed by atoms with Crippen molar-refractivity contribution in [1.29, 1.82) is 0 Å². The maximum Gasteiger partial charge on any atom is 0.143 e. The first-order chi connectivity index (χ1) is 10.2. The molecule has 0 bridgehead atoms. The van der Waals surface area contributed by atoms with Crippen LogP contribution in [-0.4, -0.2) is 29.2 Å². The molecule has 2 heterocycles. The minimum atomic E-state index is 0.717. The Balaban J connectivity index is 2.05. The van der Waals surface area contributed by atoms with Crippen molar-refractivity contribution in [1.82, 2.24) is 15.0 Å². The van der Waals surface area contributed by atoms with Gasteiger partial charge in [-0.2, -0.15) is 0 Å². The van der Waals surface area contributed by atoms with E-state index in [1.165, 1.54) is 6.33 Å². The number of nitrogens with one attached hydrogen (secondary N) is 2. The first-order valence-electron chi connectivity index (χ1n) is 6.50. The third-order valence-electron chi connectivity index (χ3n) is 3.22. The lowest BCUT2D eigenvalue weighted by atomic mass is 10.2. The van der Waals surface area contributed by atoms with Crippen molar-refractivity contribution < 1.29 is 9.47 Å². The van der Waals surface area contributed by atoms with Gasteiger partial charge in [0.05, 0.1) is 25.3 Å². The summed E-state index contributed by atoms with van der Waals surface area (Å²) in [6.07, 6.45) is 1.52. The van der Waals surface area contributed by atoms with Gasteiger partial charge in [0.2, 0.25) is 0 Å². The molecule has 0 saturated carbocycles. The van der Waals surface area contributed by atoms with Crippen molar-refractivity contribution in [3.63, 3.8) is 0 Å². The molecule has 6 nitrogen and oxygen atoms in total. The number of aromatic amines is 1. The second kappa shape index (κ2) is 5.32. The summed E-state index contributed by atoms with van der Waals surface area (Å²) in [5, 5.41) is 4.21. The predicted octanol–water partition coefficient (Wildman–Crippen LogP) is 3.03. The molecule has 0 fully saturated rings. The van der Waals surface area contributed by atoms with E-state index in [0.29, 0.717) is 0 Å². The van der Waals surface area contributed by atoms with Crippen LogP contribution in [0.15, 0.2) is 30.6 Å². The van der Waals surface area contributed by atoms with E-state index >= 15 is 0 Å². The number of methoxy groups -OCH3 is 2. The zero-order valence-corrected chi connectivity index (χ0v) is 12.1. The molecule has 0 spiro atoms. The number of nitrogens with zero attached hydrogens (tertiary/aromatic N) is 2. The molecular weight excluding hydrogens is 268 g/mol. The molecule has 0 atom stereocenters. The minimum absolute atomic E-state index is 0.717. The first-order valence-corrected chi connectivity index (χ1v) is 6.50. The minimum Gasteiger partial charge on any atom is -0.497 e. The van der Waals surface area contributed by atoms with Crippen LogP contribution in [0.5, 0.6) is 11.5 Å². The highest BCUT2D eigenvalue weighted by molar-refractivity contribution is 5.90. The number of ether oxygens (including phenoxy) is 2. The molecule has 1 aromatic carbocycles. The molecule has 0 unspecified atom stereocenters. The molecule has 0 radical (unpaired) electrons. The van der Waals surface area contributed by atoms with Gasteiger partial charge in [-0.25, -0.2) is 9.97 Å². The summed E-state index contributed by atoms with van der Waals surface area (Å²) >= 11 is 0. The Morgan fingerprint density at radius 1 is 1.10 bits per heavy atom. The van der Waals surface area contributed by atoms with Crippen LogP contribution in [0.3, 0.4) is 0 Å². The molecule has 2 aromatic heterocycles. The van der Waals surface area contributed by atoms with Crippen molar-refractivity contribution in [2.45, 2.75) is 6.92 Å². The molecule has 3 rings (SSSR count). The Morgan fingerprint density at radius 2 is 1.95 bits per heavy atom. The first kappa shape index (κ1) is 13.2. The summed E-state index contributed by atoms with van der Waals surface area (Å²) in [4.78, 5) is 11.7. The third-order valence-corrected chi connectivity index (χ3v) is 3.22. The molecule has 0 amide bonds. The van der Waals surface area contributed by atoms with E-state index in [2.05, 4.69) is 20.3 Å². The summed E-state index contributed by atoms with van der Waals surface area (Å²) in [6, 6.07) is 7.57. The number of aryl methyl sites for hydroxylation is 1. The van der Waals surface area contributed by atoms with Crippen molar-refractivity contribution in [2.24, 2.45) is 0 Å². The summed E-state index contributed by atoms with van der Waals surface area (Å²) in [5.74, 6) is 2.18. The number of anilines is 2. The fourth-order valence-electron chi connectivity index (χ4n) is 2.21. The van der Waals surface area contributed by atoms with E-state index < -0.39 is 0 Å². The van der Waals surface area contributed by atoms with Crippen LogP contribution in [0.4, 0.5) is 11.5 Å². The normalized spacial score (nSPS) is 10.6. The number of aromatic nitrogens is 3. The molecule has 2 N–H and O–H groups in total.